The van der Waals surface area contributed by atoms with Crippen LogP contribution in [0.4, 0.5) is 11.4 Å². The molecule has 1 fully saturated rings. The van der Waals surface area contributed by atoms with E-state index in [1.54, 1.807) is 0 Å². The fraction of sp³-hybridized carbons (Fsp3) is 0.485. The van der Waals surface area contributed by atoms with Crippen molar-refractivity contribution >= 4 is 17.3 Å². The van der Waals surface area contributed by atoms with Crippen molar-refractivity contribution in [3.05, 3.63) is 70.0 Å². The lowest BCUT2D eigenvalue weighted by Gasteiger charge is -2.29. The molecule has 1 saturated carbocycles. The van der Waals surface area contributed by atoms with Gasteiger partial charge in [-0.3, -0.25) is 10.1 Å². The van der Waals surface area contributed by atoms with Crippen molar-refractivity contribution in [2.24, 2.45) is 11.8 Å². The number of nitro benzene ring substituents is 1. The van der Waals surface area contributed by atoms with Gasteiger partial charge in [0.25, 0.3) is 5.69 Å². The minimum Gasteiger partial charge on any atom is -0.491 e. The van der Waals surface area contributed by atoms with Crippen LogP contribution in [0.15, 0.2) is 48.8 Å². The zero-order valence-corrected chi connectivity index (χ0v) is 24.9. The summed E-state index contributed by atoms with van der Waals surface area (Å²) in [7, 11) is 0. The molecule has 3 aromatic rings. The molecular formula is C33H42N4O5. The number of nitro groups is 1. The van der Waals surface area contributed by atoms with Gasteiger partial charge in [0.15, 0.2) is 0 Å². The Balaban J connectivity index is 1.37. The predicted octanol–water partition coefficient (Wildman–Crippen LogP) is 8.13. The lowest BCUT2D eigenvalue weighted by molar-refractivity contribution is -0.385. The second-order valence-corrected chi connectivity index (χ2v) is 11.5. The molecular weight excluding hydrogens is 532 g/mol. The molecule has 0 radical (unpaired) electrons. The van der Waals surface area contributed by atoms with Gasteiger partial charge in [0, 0.05) is 5.56 Å². The summed E-state index contributed by atoms with van der Waals surface area (Å²) in [6.07, 6.45) is 14.2. The Morgan fingerprint density at radius 2 is 1.81 bits per heavy atom. The van der Waals surface area contributed by atoms with E-state index < -0.39 is 16.6 Å². The highest BCUT2D eigenvalue weighted by atomic mass is 16.6. The van der Waals surface area contributed by atoms with Gasteiger partial charge in [0.1, 0.15) is 11.3 Å². The number of anilines is 1. The van der Waals surface area contributed by atoms with Crippen molar-refractivity contribution in [3.63, 3.8) is 0 Å². The van der Waals surface area contributed by atoms with Gasteiger partial charge >= 0.3 is 5.97 Å². The van der Waals surface area contributed by atoms with Crippen LogP contribution in [0.3, 0.4) is 0 Å². The van der Waals surface area contributed by atoms with Gasteiger partial charge < -0.3 is 15.2 Å². The highest BCUT2D eigenvalue weighted by molar-refractivity contribution is 5.97. The molecule has 2 N–H and O–H groups in total. The van der Waals surface area contributed by atoms with Crippen LogP contribution in [0.5, 0.6) is 11.6 Å². The topological polar surface area (TPSA) is 130 Å². The van der Waals surface area contributed by atoms with E-state index in [0.29, 0.717) is 18.2 Å². The first-order valence-corrected chi connectivity index (χ1v) is 15.1. The maximum atomic E-state index is 12.9. The number of nitrogens with zero attached hydrogens (tertiary/aromatic N) is 3. The summed E-state index contributed by atoms with van der Waals surface area (Å²) in [5.41, 5.74) is 8.32. The maximum absolute atomic E-state index is 12.9. The van der Waals surface area contributed by atoms with E-state index in [2.05, 4.69) is 41.2 Å². The number of benzene rings is 2. The van der Waals surface area contributed by atoms with E-state index in [1.807, 2.05) is 13.8 Å². The Morgan fingerprint density at radius 3 is 2.43 bits per heavy atom. The quantitative estimate of drug-likeness (QED) is 0.0711. The highest BCUT2D eigenvalue weighted by Crippen LogP contribution is 2.38. The van der Waals surface area contributed by atoms with Crippen LogP contribution in [0.2, 0.25) is 0 Å². The molecule has 0 bridgehead atoms. The molecule has 224 valence electrons. The molecule has 0 unspecified atom stereocenters. The number of aromatic nitrogens is 2. The van der Waals surface area contributed by atoms with Gasteiger partial charge in [0.05, 0.1) is 41.4 Å². The van der Waals surface area contributed by atoms with Gasteiger partial charge in [-0.15, -0.1) is 0 Å². The number of hydrogen-bond acceptors (Lipinski definition) is 8. The molecule has 1 atom stereocenters. The summed E-state index contributed by atoms with van der Waals surface area (Å²) in [5, 5.41) is 11.7. The minimum absolute atomic E-state index is 0.0685. The van der Waals surface area contributed by atoms with Crippen LogP contribution in [0.1, 0.15) is 100 Å². The Bertz CT molecular complexity index is 1340. The van der Waals surface area contributed by atoms with Crippen LogP contribution in [0, 0.1) is 22.0 Å². The van der Waals surface area contributed by atoms with E-state index >= 15 is 0 Å². The van der Waals surface area contributed by atoms with E-state index in [1.165, 1.54) is 75.4 Å². The normalized spacial score (nSPS) is 17.4. The first-order valence-electron chi connectivity index (χ1n) is 15.1. The van der Waals surface area contributed by atoms with Gasteiger partial charge in [-0.2, -0.15) is 0 Å². The molecule has 1 aliphatic carbocycles. The molecule has 1 heterocycles. The first-order chi connectivity index (χ1) is 20.3. The molecule has 0 amide bonds. The zero-order chi connectivity index (χ0) is 30.1. The summed E-state index contributed by atoms with van der Waals surface area (Å²) in [6.45, 7) is 6.63. The number of nitrogens with two attached hydrogens (primary N) is 1. The molecule has 1 aliphatic rings. The number of carbonyl (C=O) groups is 1. The van der Waals surface area contributed by atoms with Crippen LogP contribution < -0.4 is 15.2 Å². The average molecular weight is 575 g/mol. The predicted molar refractivity (Wildman–Crippen MR) is 164 cm³/mol. The number of ether oxygens (including phenoxy) is 2. The molecule has 42 heavy (non-hydrogen) atoms. The summed E-state index contributed by atoms with van der Waals surface area (Å²) in [6, 6.07) is 10.8. The molecule has 9 heteroatoms. The second kappa shape index (κ2) is 14.8. The molecule has 0 saturated heterocycles. The van der Waals surface area contributed by atoms with Crippen molar-refractivity contribution in [3.8, 4) is 22.9 Å². The summed E-state index contributed by atoms with van der Waals surface area (Å²) < 4.78 is 11.0. The minimum atomic E-state index is -0.951. The number of nitrogen functional groups attached to an aromatic ring is 1. The second-order valence-electron chi connectivity index (χ2n) is 11.5. The molecule has 1 aromatic heterocycles. The van der Waals surface area contributed by atoms with Crippen LogP contribution >= 0.6 is 0 Å². The molecule has 2 aromatic carbocycles. The fourth-order valence-electron chi connectivity index (χ4n) is 5.44. The molecule has 9 nitrogen and oxygen atoms in total. The van der Waals surface area contributed by atoms with Crippen LogP contribution in [-0.2, 0) is 0 Å². The number of carbonyl (C=O) groups excluding carboxylic acids is 1. The fourth-order valence-corrected chi connectivity index (χ4v) is 5.44. The third kappa shape index (κ3) is 8.05. The maximum Gasteiger partial charge on any atom is 0.352 e. The van der Waals surface area contributed by atoms with E-state index in [4.69, 9.17) is 15.2 Å². The summed E-state index contributed by atoms with van der Waals surface area (Å²) >= 11 is 0. The van der Waals surface area contributed by atoms with Crippen molar-refractivity contribution in [2.75, 3.05) is 12.3 Å². The lowest BCUT2D eigenvalue weighted by atomic mass is 9.77. The van der Waals surface area contributed by atoms with Crippen molar-refractivity contribution < 1.29 is 19.2 Å². The average Bonchev–Trinajstić information content (AvgIpc) is 3.01. The highest BCUT2D eigenvalue weighted by Gasteiger charge is 2.26. The number of esters is 1. The number of rotatable bonds is 13. The standard InChI is InChI=1S/C33H42N4O5/c1-4-6-7-8-23-9-11-24(12-10-23)25-13-15-26(16-14-25)29-19-36-32(20-35-29)42-33(38)27-17-28(34)31(18-30(27)37(39)40)41-21-22(3)5-2/h13-20,22-24H,4-12,21,34H2,1-3H3/t22-,23-,24-/m0/s1. The Hall–Kier alpha value is -4.01. The SMILES string of the molecule is CCCCC[C@H]1CC[C@H](c2ccc(-c3cnc(OC(=O)c4cc(N)c(OC[C@@H](C)CC)cc4[N+](=O)[O-])cn3)cc2)CC1. The number of hydrogen-bond donors (Lipinski definition) is 1. The Morgan fingerprint density at radius 1 is 1.07 bits per heavy atom. The smallest absolute Gasteiger partial charge is 0.352 e. The van der Waals surface area contributed by atoms with Crippen molar-refractivity contribution in [1.82, 2.24) is 9.97 Å². The molecule has 4 rings (SSSR count). The first kappa shape index (κ1) is 30.9. The third-order valence-corrected chi connectivity index (χ3v) is 8.33. The van der Waals surface area contributed by atoms with Crippen LogP contribution in [-0.4, -0.2) is 27.5 Å². The third-order valence-electron chi connectivity index (χ3n) is 8.33. The summed E-state index contributed by atoms with van der Waals surface area (Å²) in [4.78, 5) is 32.5. The van der Waals surface area contributed by atoms with E-state index in [-0.39, 0.29) is 28.8 Å². The van der Waals surface area contributed by atoms with E-state index in [9.17, 15) is 14.9 Å². The van der Waals surface area contributed by atoms with E-state index in [0.717, 1.165) is 24.0 Å². The zero-order valence-electron chi connectivity index (χ0n) is 24.9. The van der Waals surface area contributed by atoms with Gasteiger partial charge in [-0.05, 0) is 55.1 Å². The monoisotopic (exact) mass is 574 g/mol. The molecule has 0 aliphatic heterocycles. The number of unbranched alkanes of at least 4 members (excludes halogenated alkanes) is 2. The van der Waals surface area contributed by atoms with Gasteiger partial charge in [0.2, 0.25) is 5.88 Å². The summed E-state index contributed by atoms with van der Waals surface area (Å²) in [5.74, 6) is 0.870. The molecule has 0 spiro atoms. The lowest BCUT2D eigenvalue weighted by Crippen LogP contribution is -2.14. The van der Waals surface area contributed by atoms with Crippen LogP contribution in [0.25, 0.3) is 11.3 Å². The Kier molecular flexibility index (Phi) is 10.9. The van der Waals surface area contributed by atoms with Gasteiger partial charge in [-0.25, -0.2) is 14.8 Å². The largest absolute Gasteiger partial charge is 0.491 e. The Labute approximate surface area is 248 Å². The van der Waals surface area contributed by atoms with Crippen molar-refractivity contribution in [1.29, 1.82) is 0 Å². The van der Waals surface area contributed by atoms with Crippen molar-refractivity contribution in [2.45, 2.75) is 84.5 Å². The van der Waals surface area contributed by atoms with Gasteiger partial charge in [-0.1, -0.05) is 77.1 Å².